The monoisotopic (exact) mass is 265 g/mol. The molecule has 2 heterocycles. The first-order valence-corrected chi connectivity index (χ1v) is 6.87. The van der Waals surface area contributed by atoms with E-state index in [4.69, 9.17) is 5.11 Å². The summed E-state index contributed by atoms with van der Waals surface area (Å²) in [6, 6.07) is 0. The quantitative estimate of drug-likeness (QED) is 0.601. The van der Waals surface area contributed by atoms with Crippen molar-refractivity contribution in [3.8, 4) is 0 Å². The number of guanidine groups is 1. The second-order valence-electron chi connectivity index (χ2n) is 4.84. The maximum absolute atomic E-state index is 8.89. The summed E-state index contributed by atoms with van der Waals surface area (Å²) in [7, 11) is 1.95. The lowest BCUT2D eigenvalue weighted by Crippen LogP contribution is -2.40. The van der Waals surface area contributed by atoms with Gasteiger partial charge in [0.25, 0.3) is 0 Å². The number of aromatic nitrogens is 2. The van der Waals surface area contributed by atoms with Crippen molar-refractivity contribution >= 4 is 5.96 Å². The lowest BCUT2D eigenvalue weighted by molar-refractivity contribution is 0.305. The smallest absolute Gasteiger partial charge is 0.194 e. The van der Waals surface area contributed by atoms with E-state index < -0.39 is 0 Å². The normalized spacial score (nSPS) is 20.1. The van der Waals surface area contributed by atoms with Gasteiger partial charge in [-0.05, 0) is 18.9 Å². The van der Waals surface area contributed by atoms with Crippen molar-refractivity contribution < 1.29 is 5.11 Å². The minimum atomic E-state index is 0.0920. The van der Waals surface area contributed by atoms with Crippen molar-refractivity contribution in [1.29, 1.82) is 0 Å². The van der Waals surface area contributed by atoms with Crippen LogP contribution in [0, 0.1) is 0 Å². The van der Waals surface area contributed by atoms with Gasteiger partial charge in [-0.15, -0.1) is 0 Å². The molecule has 1 aliphatic rings. The number of likely N-dealkylation sites (tertiary alicyclic amines) is 1. The third-order valence-electron chi connectivity index (χ3n) is 3.38. The van der Waals surface area contributed by atoms with Gasteiger partial charge in [0.15, 0.2) is 5.96 Å². The molecule has 1 unspecified atom stereocenters. The average molecular weight is 265 g/mol. The topological polar surface area (TPSA) is 65.7 Å². The first-order chi connectivity index (χ1) is 9.24. The molecule has 2 N–H and O–H groups in total. The van der Waals surface area contributed by atoms with E-state index in [9.17, 15) is 0 Å². The van der Waals surface area contributed by atoms with Crippen LogP contribution in [0.15, 0.2) is 17.4 Å². The summed E-state index contributed by atoms with van der Waals surface area (Å²) in [4.78, 5) is 6.67. The summed E-state index contributed by atoms with van der Waals surface area (Å²) in [5.41, 5.74) is 1.29. The van der Waals surface area contributed by atoms with Gasteiger partial charge in [0.1, 0.15) is 0 Å². The van der Waals surface area contributed by atoms with Crippen molar-refractivity contribution in [3.05, 3.63) is 18.0 Å². The number of nitrogens with one attached hydrogen (secondary N) is 1. The molecule has 1 saturated heterocycles. The molecule has 6 nitrogen and oxygen atoms in total. The molecule has 1 aromatic heterocycles. The number of aliphatic hydroxyl groups excluding tert-OH is 1. The third kappa shape index (κ3) is 3.47. The van der Waals surface area contributed by atoms with Crippen LogP contribution in [-0.2, 0) is 7.05 Å². The van der Waals surface area contributed by atoms with Gasteiger partial charge in [-0.1, -0.05) is 0 Å². The molecule has 0 aromatic carbocycles. The summed E-state index contributed by atoms with van der Waals surface area (Å²) >= 11 is 0. The zero-order valence-corrected chi connectivity index (χ0v) is 11.7. The number of nitrogens with zero attached hydrogens (tertiary/aromatic N) is 4. The number of rotatable bonds is 4. The van der Waals surface area contributed by atoms with E-state index in [2.05, 4.69) is 33.4 Å². The maximum atomic E-state index is 8.89. The predicted molar refractivity (Wildman–Crippen MR) is 75.2 cm³/mol. The molecule has 0 amide bonds. The zero-order chi connectivity index (χ0) is 13.7. The molecule has 106 valence electrons. The Hall–Kier alpha value is -1.56. The van der Waals surface area contributed by atoms with Crippen LogP contribution in [0.4, 0.5) is 0 Å². The van der Waals surface area contributed by atoms with Gasteiger partial charge in [-0.2, -0.15) is 5.10 Å². The summed E-state index contributed by atoms with van der Waals surface area (Å²) < 4.78 is 1.85. The molecule has 1 aliphatic heterocycles. The highest BCUT2D eigenvalue weighted by Crippen LogP contribution is 2.26. The lowest BCUT2D eigenvalue weighted by atomic mass is 10.0. The zero-order valence-electron chi connectivity index (χ0n) is 11.7. The van der Waals surface area contributed by atoms with Gasteiger partial charge >= 0.3 is 0 Å². The minimum Gasteiger partial charge on any atom is -0.394 e. The average Bonchev–Trinajstić information content (AvgIpc) is 3.03. The molecule has 0 saturated carbocycles. The van der Waals surface area contributed by atoms with Crippen LogP contribution >= 0.6 is 0 Å². The van der Waals surface area contributed by atoms with Crippen molar-refractivity contribution in [2.75, 3.05) is 32.8 Å². The highest BCUT2D eigenvalue weighted by atomic mass is 16.3. The fraction of sp³-hybridized carbons (Fsp3) is 0.692. The van der Waals surface area contributed by atoms with Crippen LogP contribution in [0.2, 0.25) is 0 Å². The highest BCUT2D eigenvalue weighted by molar-refractivity contribution is 5.80. The molecule has 1 fully saturated rings. The Morgan fingerprint density at radius 2 is 2.47 bits per heavy atom. The molecular formula is C13H23N5O. The molecule has 1 aromatic rings. The molecule has 0 spiro atoms. The fourth-order valence-corrected chi connectivity index (χ4v) is 2.46. The SMILES string of the molecule is CCNC(=NCCO)N1CCC(c2cnn(C)c2)C1. The Balaban J connectivity index is 1.99. The Labute approximate surface area is 114 Å². The van der Waals surface area contributed by atoms with E-state index in [1.54, 1.807) is 0 Å². The van der Waals surface area contributed by atoms with E-state index in [-0.39, 0.29) is 6.61 Å². The third-order valence-corrected chi connectivity index (χ3v) is 3.38. The highest BCUT2D eigenvalue weighted by Gasteiger charge is 2.26. The Morgan fingerprint density at radius 3 is 3.11 bits per heavy atom. The second-order valence-corrected chi connectivity index (χ2v) is 4.84. The molecule has 6 heteroatoms. The van der Waals surface area contributed by atoms with Crippen LogP contribution in [0.25, 0.3) is 0 Å². The number of aliphatic hydroxyl groups is 1. The van der Waals surface area contributed by atoms with Crippen molar-refractivity contribution in [3.63, 3.8) is 0 Å². The number of aliphatic imine (C=N–C) groups is 1. The van der Waals surface area contributed by atoms with Crippen molar-refractivity contribution in [2.24, 2.45) is 12.0 Å². The van der Waals surface area contributed by atoms with Crippen molar-refractivity contribution in [2.45, 2.75) is 19.3 Å². The molecule has 1 atom stereocenters. The summed E-state index contributed by atoms with van der Waals surface area (Å²) in [5, 5.41) is 16.4. The second kappa shape index (κ2) is 6.56. The minimum absolute atomic E-state index is 0.0920. The van der Waals surface area contributed by atoms with Crippen LogP contribution < -0.4 is 5.32 Å². The predicted octanol–water partition coefficient (Wildman–Crippen LogP) is 0.167. The Morgan fingerprint density at radius 1 is 1.63 bits per heavy atom. The van der Waals surface area contributed by atoms with Crippen LogP contribution in [0.1, 0.15) is 24.8 Å². The van der Waals surface area contributed by atoms with E-state index in [1.165, 1.54) is 5.56 Å². The molecule has 0 radical (unpaired) electrons. The van der Waals surface area contributed by atoms with Crippen molar-refractivity contribution in [1.82, 2.24) is 20.0 Å². The van der Waals surface area contributed by atoms with E-state index in [0.717, 1.165) is 32.0 Å². The molecule has 2 rings (SSSR count). The number of hydrogen-bond acceptors (Lipinski definition) is 3. The van der Waals surface area contributed by atoms with Gasteiger partial charge in [-0.3, -0.25) is 9.67 Å². The van der Waals surface area contributed by atoms with Crippen LogP contribution in [0.5, 0.6) is 0 Å². The summed E-state index contributed by atoms with van der Waals surface area (Å²) in [6.07, 6.45) is 5.16. The van der Waals surface area contributed by atoms with E-state index in [1.807, 2.05) is 17.9 Å². The van der Waals surface area contributed by atoms with E-state index in [0.29, 0.717) is 12.5 Å². The molecule has 0 aliphatic carbocycles. The maximum Gasteiger partial charge on any atom is 0.194 e. The molecule has 0 bridgehead atoms. The first kappa shape index (κ1) is 13.9. The molecular weight excluding hydrogens is 242 g/mol. The molecule has 19 heavy (non-hydrogen) atoms. The van der Waals surface area contributed by atoms with Gasteiger partial charge in [0.05, 0.1) is 19.3 Å². The number of aryl methyl sites for hydroxylation is 1. The Kier molecular flexibility index (Phi) is 4.79. The Bertz CT molecular complexity index is 428. The van der Waals surface area contributed by atoms with Gasteiger partial charge in [-0.25, -0.2) is 0 Å². The number of hydrogen-bond donors (Lipinski definition) is 2. The first-order valence-electron chi connectivity index (χ1n) is 6.87. The fourth-order valence-electron chi connectivity index (χ4n) is 2.46. The largest absolute Gasteiger partial charge is 0.394 e. The standard InChI is InChI=1S/C13H23N5O/c1-3-14-13(15-5-7-19)18-6-4-11(10-18)12-8-16-17(2)9-12/h8-9,11,19H,3-7,10H2,1-2H3,(H,14,15). The summed E-state index contributed by atoms with van der Waals surface area (Å²) in [5.74, 6) is 1.43. The summed E-state index contributed by atoms with van der Waals surface area (Å²) in [6.45, 7) is 5.41. The lowest BCUT2D eigenvalue weighted by Gasteiger charge is -2.21. The van der Waals surface area contributed by atoms with Gasteiger partial charge in [0, 0.05) is 38.8 Å². The van der Waals surface area contributed by atoms with Gasteiger partial charge in [0.2, 0.25) is 0 Å². The van der Waals surface area contributed by atoms with Crippen LogP contribution in [-0.4, -0.2) is 58.5 Å². The van der Waals surface area contributed by atoms with Gasteiger partial charge < -0.3 is 15.3 Å². The van der Waals surface area contributed by atoms with E-state index >= 15 is 0 Å². The van der Waals surface area contributed by atoms with Crippen LogP contribution in [0.3, 0.4) is 0 Å².